The Morgan fingerprint density at radius 2 is 1.72 bits per heavy atom. The predicted molar refractivity (Wildman–Crippen MR) is 91.8 cm³/mol. The van der Waals surface area contributed by atoms with Crippen LogP contribution in [0.2, 0.25) is 0 Å². The molecule has 4 fully saturated rings. The summed E-state index contributed by atoms with van der Waals surface area (Å²) in [5.41, 5.74) is 0.578. The van der Waals surface area contributed by atoms with Gasteiger partial charge in [-0.2, -0.15) is 4.31 Å². The van der Waals surface area contributed by atoms with Crippen LogP contribution in [0.1, 0.15) is 37.7 Å². The van der Waals surface area contributed by atoms with Gasteiger partial charge in [0.05, 0.1) is 5.75 Å². The SMILES string of the molecule is CCCS(=O)(=O)N1C[C@H](c2cc(F)cc(F)c2)[C@H]2[C@@H]1C1CCN2CC1. The lowest BCUT2D eigenvalue weighted by Gasteiger charge is -2.51. The van der Waals surface area contributed by atoms with E-state index in [9.17, 15) is 17.2 Å². The molecule has 4 aliphatic rings. The molecular weight excluding hydrogens is 346 g/mol. The van der Waals surface area contributed by atoms with Crippen molar-refractivity contribution in [2.45, 2.75) is 44.2 Å². The lowest BCUT2D eigenvalue weighted by Crippen LogP contribution is -2.60. The van der Waals surface area contributed by atoms with Crippen LogP contribution >= 0.6 is 0 Å². The fourth-order valence-electron chi connectivity index (χ4n) is 5.14. The Morgan fingerprint density at radius 3 is 2.32 bits per heavy atom. The number of sulfonamides is 1. The number of fused-ring (bicyclic) bond motifs is 2. The third-order valence-corrected chi connectivity index (χ3v) is 8.11. The average Bonchev–Trinajstić information content (AvgIpc) is 2.98. The Bertz CT molecular complexity index is 742. The summed E-state index contributed by atoms with van der Waals surface area (Å²) in [6, 6.07) is 3.57. The molecule has 25 heavy (non-hydrogen) atoms. The zero-order valence-electron chi connectivity index (χ0n) is 14.4. The van der Waals surface area contributed by atoms with Crippen molar-refractivity contribution >= 4 is 10.0 Å². The van der Waals surface area contributed by atoms with Crippen molar-refractivity contribution in [1.82, 2.24) is 9.21 Å². The molecule has 4 aliphatic heterocycles. The van der Waals surface area contributed by atoms with Gasteiger partial charge in [0.2, 0.25) is 10.0 Å². The monoisotopic (exact) mass is 370 g/mol. The van der Waals surface area contributed by atoms with Crippen LogP contribution < -0.4 is 0 Å². The molecule has 3 atom stereocenters. The van der Waals surface area contributed by atoms with Crippen LogP contribution in [0, 0.1) is 17.6 Å². The molecule has 0 radical (unpaired) electrons. The highest BCUT2D eigenvalue weighted by molar-refractivity contribution is 7.89. The van der Waals surface area contributed by atoms with Crippen LogP contribution in [0.5, 0.6) is 0 Å². The van der Waals surface area contributed by atoms with E-state index in [-0.39, 0.29) is 23.8 Å². The molecule has 5 rings (SSSR count). The molecule has 7 heteroatoms. The van der Waals surface area contributed by atoms with E-state index in [0.717, 1.165) is 32.0 Å². The molecule has 1 aromatic carbocycles. The first-order chi connectivity index (χ1) is 11.9. The van der Waals surface area contributed by atoms with Crippen LogP contribution in [0.15, 0.2) is 18.2 Å². The Kier molecular flexibility index (Phi) is 4.37. The lowest BCUT2D eigenvalue weighted by molar-refractivity contribution is 0.0122. The third kappa shape index (κ3) is 2.90. The zero-order chi connectivity index (χ0) is 17.8. The van der Waals surface area contributed by atoms with E-state index >= 15 is 0 Å². The molecule has 2 bridgehead atoms. The summed E-state index contributed by atoms with van der Waals surface area (Å²) < 4.78 is 54.8. The zero-order valence-corrected chi connectivity index (χ0v) is 15.2. The summed E-state index contributed by atoms with van der Waals surface area (Å²) >= 11 is 0. The Hall–Kier alpha value is -1.05. The van der Waals surface area contributed by atoms with Gasteiger partial charge in [0.15, 0.2) is 0 Å². The number of piperidine rings is 3. The van der Waals surface area contributed by atoms with E-state index in [4.69, 9.17) is 0 Å². The molecule has 4 nitrogen and oxygen atoms in total. The van der Waals surface area contributed by atoms with Crippen LogP contribution in [-0.4, -0.2) is 55.1 Å². The Labute approximate surface area is 147 Å². The highest BCUT2D eigenvalue weighted by atomic mass is 32.2. The summed E-state index contributed by atoms with van der Waals surface area (Å²) in [5.74, 6) is -0.891. The van der Waals surface area contributed by atoms with E-state index < -0.39 is 21.7 Å². The van der Waals surface area contributed by atoms with Gasteiger partial charge < -0.3 is 0 Å². The van der Waals surface area contributed by atoms with Crippen LogP contribution in [0.4, 0.5) is 8.78 Å². The molecule has 0 unspecified atom stereocenters. The van der Waals surface area contributed by atoms with E-state index in [1.807, 2.05) is 6.92 Å². The van der Waals surface area contributed by atoms with Crippen molar-refractivity contribution in [3.8, 4) is 0 Å². The van der Waals surface area contributed by atoms with Gasteiger partial charge in [-0.15, -0.1) is 0 Å². The van der Waals surface area contributed by atoms with Crippen LogP contribution in [0.25, 0.3) is 0 Å². The summed E-state index contributed by atoms with van der Waals surface area (Å²) in [7, 11) is -3.34. The molecule has 138 valence electrons. The normalized spacial score (nSPS) is 35.1. The van der Waals surface area contributed by atoms with E-state index in [0.29, 0.717) is 24.4 Å². The van der Waals surface area contributed by atoms with Crippen LogP contribution in [0.3, 0.4) is 0 Å². The molecule has 4 heterocycles. The number of halogens is 2. The summed E-state index contributed by atoms with van der Waals surface area (Å²) in [6.07, 6.45) is 2.58. The van der Waals surface area contributed by atoms with Gasteiger partial charge in [-0.3, -0.25) is 4.90 Å². The molecule has 0 aromatic heterocycles. The Balaban J connectivity index is 1.76. The second-order valence-electron chi connectivity index (χ2n) is 7.55. The molecular formula is C18H24F2N2O2S. The summed E-state index contributed by atoms with van der Waals surface area (Å²) in [4.78, 5) is 2.33. The lowest BCUT2D eigenvalue weighted by atomic mass is 9.75. The number of hydrogen-bond acceptors (Lipinski definition) is 3. The maximum atomic E-state index is 13.8. The molecule has 0 N–H and O–H groups in total. The smallest absolute Gasteiger partial charge is 0.214 e. The maximum absolute atomic E-state index is 13.8. The molecule has 0 aliphatic carbocycles. The quantitative estimate of drug-likeness (QED) is 0.818. The standard InChI is InChI=1S/C18H24F2N2O2S/c1-2-7-25(23,24)22-11-16(13-8-14(19)10-15(20)9-13)18-17(22)12-3-5-21(18)6-4-12/h8-10,12,16-18H,2-7,11H2,1H3/t16-,17+,18+/m1/s1. The minimum Gasteiger partial charge on any atom is -0.298 e. The van der Waals surface area contributed by atoms with E-state index in [1.165, 1.54) is 12.1 Å². The highest BCUT2D eigenvalue weighted by Gasteiger charge is 2.56. The second kappa shape index (κ2) is 6.28. The van der Waals surface area contributed by atoms with E-state index in [1.54, 1.807) is 4.31 Å². The van der Waals surface area contributed by atoms with Crippen molar-refractivity contribution in [1.29, 1.82) is 0 Å². The van der Waals surface area contributed by atoms with Gasteiger partial charge in [-0.1, -0.05) is 6.92 Å². The highest BCUT2D eigenvalue weighted by Crippen LogP contribution is 2.47. The van der Waals surface area contributed by atoms with Crippen molar-refractivity contribution in [3.05, 3.63) is 35.4 Å². The van der Waals surface area contributed by atoms with Crippen LogP contribution in [-0.2, 0) is 10.0 Å². The summed E-state index contributed by atoms with van der Waals surface area (Å²) in [5, 5.41) is 0. The number of nitrogens with zero attached hydrogens (tertiary/aromatic N) is 2. The van der Waals surface area contributed by atoms with Crippen molar-refractivity contribution in [2.75, 3.05) is 25.4 Å². The van der Waals surface area contributed by atoms with Crippen molar-refractivity contribution < 1.29 is 17.2 Å². The maximum Gasteiger partial charge on any atom is 0.214 e. The fraction of sp³-hybridized carbons (Fsp3) is 0.667. The minimum atomic E-state index is -3.34. The van der Waals surface area contributed by atoms with Gasteiger partial charge in [-0.25, -0.2) is 17.2 Å². The second-order valence-corrected chi connectivity index (χ2v) is 9.59. The first kappa shape index (κ1) is 17.4. The third-order valence-electron chi connectivity index (χ3n) is 6.08. The number of rotatable bonds is 4. The number of benzene rings is 1. The van der Waals surface area contributed by atoms with Gasteiger partial charge in [0.25, 0.3) is 0 Å². The summed E-state index contributed by atoms with van der Waals surface area (Å²) in [6.45, 7) is 4.08. The number of hydrogen-bond donors (Lipinski definition) is 0. The van der Waals surface area contributed by atoms with Gasteiger partial charge in [-0.05, 0) is 56.0 Å². The first-order valence-electron chi connectivity index (χ1n) is 9.10. The topological polar surface area (TPSA) is 40.6 Å². The van der Waals surface area contributed by atoms with Gasteiger partial charge in [0.1, 0.15) is 11.6 Å². The fourth-order valence-corrected chi connectivity index (χ4v) is 6.95. The predicted octanol–water partition coefficient (Wildman–Crippen LogP) is 2.57. The van der Waals surface area contributed by atoms with Crippen molar-refractivity contribution in [2.24, 2.45) is 5.92 Å². The van der Waals surface area contributed by atoms with Crippen molar-refractivity contribution in [3.63, 3.8) is 0 Å². The molecule has 1 aromatic rings. The largest absolute Gasteiger partial charge is 0.298 e. The van der Waals surface area contributed by atoms with Gasteiger partial charge >= 0.3 is 0 Å². The molecule has 4 saturated heterocycles. The molecule has 0 amide bonds. The minimum absolute atomic E-state index is 0.0281. The first-order valence-corrected chi connectivity index (χ1v) is 10.7. The molecule has 0 spiro atoms. The van der Waals surface area contributed by atoms with E-state index in [2.05, 4.69) is 4.90 Å². The van der Waals surface area contributed by atoms with Gasteiger partial charge in [0, 0.05) is 30.6 Å². The Morgan fingerprint density at radius 1 is 1.08 bits per heavy atom. The average molecular weight is 370 g/mol. The molecule has 0 saturated carbocycles.